The lowest BCUT2D eigenvalue weighted by atomic mass is 10.2. The Morgan fingerprint density at radius 3 is 2.78 bits per heavy atom. The second-order valence-electron chi connectivity index (χ2n) is 3.38. The van der Waals surface area contributed by atoms with Crippen LogP contribution in [-0.2, 0) is 0 Å². The van der Waals surface area contributed by atoms with Crippen molar-refractivity contribution in [2.24, 2.45) is 0 Å². The van der Waals surface area contributed by atoms with Crippen molar-refractivity contribution in [1.82, 2.24) is 15.4 Å². The van der Waals surface area contributed by atoms with Crippen LogP contribution < -0.4 is 14.8 Å². The van der Waals surface area contributed by atoms with Gasteiger partial charge >= 0.3 is 0 Å². The Bertz CT molecular complexity index is 539. The molecule has 0 aliphatic rings. The van der Waals surface area contributed by atoms with Crippen LogP contribution >= 0.6 is 0 Å². The zero-order chi connectivity index (χ0) is 13.0. The molecule has 94 valence electrons. The number of amides is 1. The summed E-state index contributed by atoms with van der Waals surface area (Å²) < 4.78 is 10.2. The summed E-state index contributed by atoms with van der Waals surface area (Å²) in [5, 5.41) is 12.3. The third kappa shape index (κ3) is 2.40. The van der Waals surface area contributed by atoms with Crippen LogP contribution in [0, 0.1) is 0 Å². The molecular formula is C11H12N4O3. The highest BCUT2D eigenvalue weighted by atomic mass is 16.5. The first-order chi connectivity index (χ1) is 8.74. The van der Waals surface area contributed by atoms with E-state index in [1.807, 2.05) is 0 Å². The number of hydrogen-bond donors (Lipinski definition) is 2. The highest BCUT2D eigenvalue weighted by Gasteiger charge is 2.12. The molecule has 0 atom stereocenters. The maximum atomic E-state index is 11.8. The summed E-state index contributed by atoms with van der Waals surface area (Å²) >= 11 is 0. The number of rotatable bonds is 4. The Morgan fingerprint density at radius 1 is 1.33 bits per heavy atom. The minimum Gasteiger partial charge on any atom is -0.497 e. The summed E-state index contributed by atoms with van der Waals surface area (Å²) in [5.41, 5.74) is 0.699. The van der Waals surface area contributed by atoms with Crippen LogP contribution in [-0.4, -0.2) is 35.5 Å². The molecule has 0 unspecified atom stereocenters. The van der Waals surface area contributed by atoms with E-state index >= 15 is 0 Å². The maximum Gasteiger partial charge on any atom is 0.277 e. The Kier molecular flexibility index (Phi) is 3.42. The van der Waals surface area contributed by atoms with Gasteiger partial charge in [-0.25, -0.2) is 0 Å². The number of methoxy groups -OCH3 is 2. The lowest BCUT2D eigenvalue weighted by Crippen LogP contribution is -2.13. The van der Waals surface area contributed by atoms with E-state index in [-0.39, 0.29) is 11.6 Å². The molecule has 1 heterocycles. The molecule has 1 aromatic carbocycles. The van der Waals surface area contributed by atoms with E-state index in [0.29, 0.717) is 17.2 Å². The Morgan fingerprint density at radius 2 is 2.17 bits per heavy atom. The summed E-state index contributed by atoms with van der Waals surface area (Å²) in [4.78, 5) is 11.8. The Labute approximate surface area is 103 Å². The second-order valence-corrected chi connectivity index (χ2v) is 3.38. The van der Waals surface area contributed by atoms with Gasteiger partial charge in [-0.2, -0.15) is 15.4 Å². The number of carbonyl (C=O) groups is 1. The number of ether oxygens (including phenoxy) is 2. The summed E-state index contributed by atoms with van der Waals surface area (Å²) in [5.74, 6) is 0.772. The first-order valence-electron chi connectivity index (χ1n) is 5.13. The highest BCUT2D eigenvalue weighted by Crippen LogP contribution is 2.29. The number of nitrogens with one attached hydrogen (secondary N) is 2. The van der Waals surface area contributed by atoms with Gasteiger partial charge in [0.2, 0.25) is 0 Å². The van der Waals surface area contributed by atoms with Gasteiger partial charge in [-0.3, -0.25) is 4.79 Å². The average Bonchev–Trinajstić information content (AvgIpc) is 2.92. The maximum absolute atomic E-state index is 11.8. The van der Waals surface area contributed by atoms with Crippen LogP contribution in [0.2, 0.25) is 0 Å². The molecule has 0 aliphatic carbocycles. The van der Waals surface area contributed by atoms with Crippen LogP contribution in [0.4, 0.5) is 5.69 Å². The Hall–Kier alpha value is -2.57. The predicted octanol–water partition coefficient (Wildman–Crippen LogP) is 1.07. The normalized spacial score (nSPS) is 9.89. The van der Waals surface area contributed by atoms with E-state index in [0.717, 1.165) is 0 Å². The van der Waals surface area contributed by atoms with Crippen molar-refractivity contribution in [2.45, 2.75) is 0 Å². The molecular weight excluding hydrogens is 236 g/mol. The van der Waals surface area contributed by atoms with Gasteiger partial charge in [0, 0.05) is 6.07 Å². The van der Waals surface area contributed by atoms with Gasteiger partial charge in [-0.15, -0.1) is 0 Å². The molecule has 7 heteroatoms. The number of carbonyl (C=O) groups excluding carboxylic acids is 1. The summed E-state index contributed by atoms with van der Waals surface area (Å²) in [7, 11) is 3.07. The second kappa shape index (κ2) is 5.17. The van der Waals surface area contributed by atoms with Crippen LogP contribution in [0.1, 0.15) is 10.5 Å². The molecule has 0 fully saturated rings. The number of aromatic nitrogens is 3. The monoisotopic (exact) mass is 248 g/mol. The van der Waals surface area contributed by atoms with Crippen molar-refractivity contribution < 1.29 is 14.3 Å². The van der Waals surface area contributed by atoms with Crippen LogP contribution in [0.3, 0.4) is 0 Å². The quantitative estimate of drug-likeness (QED) is 0.844. The number of benzene rings is 1. The van der Waals surface area contributed by atoms with Crippen molar-refractivity contribution >= 4 is 11.6 Å². The molecule has 0 aliphatic heterocycles. The molecule has 0 radical (unpaired) electrons. The topological polar surface area (TPSA) is 89.1 Å². The standard InChI is InChI=1S/C11H12N4O3/c1-17-7-3-4-10(18-2)8(5-7)13-11(16)9-6-12-15-14-9/h3-6H,1-2H3,(H,13,16)(H,12,14,15). The molecule has 0 bridgehead atoms. The van der Waals surface area contributed by atoms with Gasteiger partial charge in [0.05, 0.1) is 26.1 Å². The fraction of sp³-hybridized carbons (Fsp3) is 0.182. The van der Waals surface area contributed by atoms with Crippen molar-refractivity contribution in [3.05, 3.63) is 30.1 Å². The van der Waals surface area contributed by atoms with Gasteiger partial charge in [-0.1, -0.05) is 0 Å². The molecule has 0 spiro atoms. The summed E-state index contributed by atoms with van der Waals surface area (Å²) in [6, 6.07) is 5.11. The summed E-state index contributed by atoms with van der Waals surface area (Å²) in [6.07, 6.45) is 1.34. The lowest BCUT2D eigenvalue weighted by Gasteiger charge is -2.10. The third-order valence-corrected chi connectivity index (χ3v) is 2.30. The first-order valence-corrected chi connectivity index (χ1v) is 5.13. The molecule has 18 heavy (non-hydrogen) atoms. The van der Waals surface area contributed by atoms with E-state index in [1.54, 1.807) is 25.3 Å². The SMILES string of the molecule is COc1ccc(OC)c(NC(=O)c2cn[nH]n2)c1. The fourth-order valence-electron chi connectivity index (χ4n) is 1.41. The predicted molar refractivity (Wildman–Crippen MR) is 63.9 cm³/mol. The molecule has 1 amide bonds. The number of anilines is 1. The smallest absolute Gasteiger partial charge is 0.277 e. The molecule has 0 saturated heterocycles. The number of hydrogen-bond acceptors (Lipinski definition) is 5. The van der Waals surface area contributed by atoms with Crippen LogP contribution in [0.5, 0.6) is 11.5 Å². The largest absolute Gasteiger partial charge is 0.497 e. The van der Waals surface area contributed by atoms with Gasteiger partial charge in [-0.05, 0) is 12.1 Å². The Balaban J connectivity index is 2.24. The molecule has 2 N–H and O–H groups in total. The van der Waals surface area contributed by atoms with Crippen molar-refractivity contribution in [3.8, 4) is 11.5 Å². The van der Waals surface area contributed by atoms with E-state index in [9.17, 15) is 4.79 Å². The number of aromatic amines is 1. The minimum atomic E-state index is -0.379. The lowest BCUT2D eigenvalue weighted by molar-refractivity contribution is 0.102. The number of nitrogens with zero attached hydrogens (tertiary/aromatic N) is 2. The van der Waals surface area contributed by atoms with Gasteiger partial charge in [0.25, 0.3) is 5.91 Å². The molecule has 2 rings (SSSR count). The third-order valence-electron chi connectivity index (χ3n) is 2.30. The van der Waals surface area contributed by atoms with Gasteiger partial charge in [0.1, 0.15) is 11.5 Å². The summed E-state index contributed by atoms with van der Waals surface area (Å²) in [6.45, 7) is 0. The fourth-order valence-corrected chi connectivity index (χ4v) is 1.41. The molecule has 2 aromatic rings. The average molecular weight is 248 g/mol. The van der Waals surface area contributed by atoms with Crippen molar-refractivity contribution in [2.75, 3.05) is 19.5 Å². The van der Waals surface area contributed by atoms with Gasteiger partial charge in [0.15, 0.2) is 5.69 Å². The molecule has 1 aromatic heterocycles. The van der Waals surface area contributed by atoms with Crippen LogP contribution in [0.25, 0.3) is 0 Å². The molecule has 0 saturated carbocycles. The number of H-pyrrole nitrogens is 1. The highest BCUT2D eigenvalue weighted by molar-refractivity contribution is 6.03. The first kappa shape index (κ1) is 11.9. The minimum absolute atomic E-state index is 0.194. The molecule has 7 nitrogen and oxygen atoms in total. The van der Waals surface area contributed by atoms with E-state index in [4.69, 9.17) is 9.47 Å². The van der Waals surface area contributed by atoms with E-state index < -0.39 is 0 Å². The zero-order valence-corrected chi connectivity index (χ0v) is 9.93. The van der Waals surface area contributed by atoms with Crippen molar-refractivity contribution in [1.29, 1.82) is 0 Å². The van der Waals surface area contributed by atoms with E-state index in [2.05, 4.69) is 20.7 Å². The van der Waals surface area contributed by atoms with Crippen LogP contribution in [0.15, 0.2) is 24.4 Å². The van der Waals surface area contributed by atoms with Crippen molar-refractivity contribution in [3.63, 3.8) is 0 Å². The van der Waals surface area contributed by atoms with Gasteiger partial charge < -0.3 is 14.8 Å². The van der Waals surface area contributed by atoms with E-state index in [1.165, 1.54) is 13.3 Å². The zero-order valence-electron chi connectivity index (χ0n) is 9.93.